The predicted molar refractivity (Wildman–Crippen MR) is 117 cm³/mol. The summed E-state index contributed by atoms with van der Waals surface area (Å²) in [6.07, 6.45) is 2.23. The molecular formula is C25H18F2N4O. The van der Waals surface area contributed by atoms with Gasteiger partial charge in [-0.1, -0.05) is 41.4 Å². The molecule has 3 aromatic heterocycles. The van der Waals surface area contributed by atoms with Crippen LogP contribution in [-0.4, -0.2) is 19.8 Å². The molecule has 5 aromatic rings. The average Bonchev–Trinajstić information content (AvgIpc) is 3.37. The lowest BCUT2D eigenvalue weighted by atomic mass is 10.00. The average molecular weight is 428 g/mol. The van der Waals surface area contributed by atoms with E-state index in [1.807, 2.05) is 47.9 Å². The second kappa shape index (κ2) is 7.57. The molecule has 0 amide bonds. The third-order valence-corrected chi connectivity index (χ3v) is 5.34. The van der Waals surface area contributed by atoms with E-state index in [4.69, 9.17) is 4.52 Å². The van der Waals surface area contributed by atoms with Crippen LogP contribution in [0.15, 0.2) is 65.3 Å². The molecule has 0 aliphatic heterocycles. The third kappa shape index (κ3) is 3.60. The number of alkyl halides is 2. The van der Waals surface area contributed by atoms with E-state index in [1.54, 1.807) is 12.1 Å². The fraction of sp³-hybridized carbons (Fsp3) is 0.160. The van der Waals surface area contributed by atoms with Gasteiger partial charge in [-0.2, -0.15) is 0 Å². The molecule has 0 saturated heterocycles. The molecule has 2 aromatic carbocycles. The van der Waals surface area contributed by atoms with Crippen molar-refractivity contribution in [2.75, 3.05) is 0 Å². The number of hydrogen-bond acceptors (Lipinski definition) is 4. The summed E-state index contributed by atoms with van der Waals surface area (Å²) in [5, 5.41) is 13.3. The molecule has 5 nitrogen and oxygen atoms in total. The Morgan fingerprint density at radius 2 is 1.91 bits per heavy atom. The lowest BCUT2D eigenvalue weighted by Crippen LogP contribution is -2.07. The van der Waals surface area contributed by atoms with E-state index < -0.39 is 5.92 Å². The topological polar surface area (TPSA) is 56.2 Å². The van der Waals surface area contributed by atoms with Crippen LogP contribution in [0.2, 0.25) is 0 Å². The number of fused-ring (bicyclic) bond motifs is 2. The zero-order chi connectivity index (χ0) is 22.3. The summed E-state index contributed by atoms with van der Waals surface area (Å²) in [7, 11) is 0. The Morgan fingerprint density at radius 3 is 2.75 bits per heavy atom. The molecule has 0 atom stereocenters. The van der Waals surface area contributed by atoms with Gasteiger partial charge >= 0.3 is 0 Å². The number of benzene rings is 2. The Labute approximate surface area is 182 Å². The van der Waals surface area contributed by atoms with Crippen LogP contribution in [0.4, 0.5) is 8.78 Å². The molecular weight excluding hydrogens is 410 g/mol. The first-order valence-electron chi connectivity index (χ1n) is 10.1. The van der Waals surface area contributed by atoms with Crippen molar-refractivity contribution in [3.63, 3.8) is 0 Å². The summed E-state index contributed by atoms with van der Waals surface area (Å²) in [5.41, 5.74) is 4.32. The zero-order valence-corrected chi connectivity index (χ0v) is 17.4. The standard InChI is InChI=1S/C25H18F2N4O/c1-16-9-10-20-21(15-17-6-5-7-18(14-17)25(2,26)27)30-32-24(20)19(16)11-12-23-29-28-22-8-3-4-13-31(22)23/h3-10,13-14H,15H2,1-2H3. The Balaban J connectivity index is 1.53. The van der Waals surface area contributed by atoms with E-state index >= 15 is 0 Å². The summed E-state index contributed by atoms with van der Waals surface area (Å²) in [6, 6.07) is 15.9. The van der Waals surface area contributed by atoms with Crippen molar-refractivity contribution in [2.45, 2.75) is 26.2 Å². The van der Waals surface area contributed by atoms with Crippen LogP contribution in [0, 0.1) is 18.8 Å². The lowest BCUT2D eigenvalue weighted by Gasteiger charge is -2.11. The maximum atomic E-state index is 13.7. The minimum atomic E-state index is -2.90. The number of aryl methyl sites for hydroxylation is 1. The fourth-order valence-electron chi connectivity index (χ4n) is 3.63. The molecule has 158 valence electrons. The number of pyridine rings is 1. The SMILES string of the molecule is Cc1ccc2c(Cc3cccc(C(C)(F)F)c3)noc2c1C#Cc1nnc2ccccn12. The fourth-order valence-corrected chi connectivity index (χ4v) is 3.63. The van der Waals surface area contributed by atoms with Crippen molar-refractivity contribution in [3.05, 3.63) is 94.6 Å². The van der Waals surface area contributed by atoms with Crippen molar-refractivity contribution < 1.29 is 13.3 Å². The number of aromatic nitrogens is 4. The van der Waals surface area contributed by atoms with Gasteiger partial charge in [0.25, 0.3) is 5.92 Å². The smallest absolute Gasteiger partial charge is 0.270 e. The second-order valence-corrected chi connectivity index (χ2v) is 7.73. The number of halogens is 2. The van der Waals surface area contributed by atoms with Crippen LogP contribution in [0.25, 0.3) is 16.6 Å². The number of hydrogen-bond donors (Lipinski definition) is 0. The van der Waals surface area contributed by atoms with Gasteiger partial charge in [-0.3, -0.25) is 4.40 Å². The Morgan fingerprint density at radius 1 is 1.03 bits per heavy atom. The Bertz CT molecular complexity index is 1520. The van der Waals surface area contributed by atoms with Gasteiger partial charge in [-0.25, -0.2) is 8.78 Å². The molecule has 5 rings (SSSR count). The summed E-state index contributed by atoms with van der Waals surface area (Å²) in [6.45, 7) is 2.84. The van der Waals surface area contributed by atoms with E-state index in [9.17, 15) is 8.78 Å². The minimum absolute atomic E-state index is 0.0225. The quantitative estimate of drug-likeness (QED) is 0.367. The van der Waals surface area contributed by atoms with Crippen molar-refractivity contribution in [2.24, 2.45) is 0 Å². The van der Waals surface area contributed by atoms with Gasteiger partial charge in [0.05, 0.1) is 11.3 Å². The van der Waals surface area contributed by atoms with Gasteiger partial charge in [0.2, 0.25) is 5.82 Å². The van der Waals surface area contributed by atoms with Crippen molar-refractivity contribution in [1.29, 1.82) is 0 Å². The highest BCUT2D eigenvalue weighted by atomic mass is 19.3. The first-order chi connectivity index (χ1) is 15.4. The lowest BCUT2D eigenvalue weighted by molar-refractivity contribution is 0.0174. The van der Waals surface area contributed by atoms with Gasteiger partial charge in [0.1, 0.15) is 0 Å². The van der Waals surface area contributed by atoms with E-state index in [0.717, 1.165) is 23.4 Å². The highest BCUT2D eigenvalue weighted by Gasteiger charge is 2.24. The molecule has 32 heavy (non-hydrogen) atoms. The van der Waals surface area contributed by atoms with Gasteiger partial charge in [-0.15, -0.1) is 10.2 Å². The molecule has 0 aliphatic carbocycles. The molecule has 0 bridgehead atoms. The predicted octanol–water partition coefficient (Wildman–Crippen LogP) is 5.28. The summed E-state index contributed by atoms with van der Waals surface area (Å²) in [5.74, 6) is 3.85. The van der Waals surface area contributed by atoms with Crippen LogP contribution in [0.3, 0.4) is 0 Å². The monoisotopic (exact) mass is 428 g/mol. The van der Waals surface area contributed by atoms with Crippen molar-refractivity contribution in [1.82, 2.24) is 19.8 Å². The van der Waals surface area contributed by atoms with Crippen LogP contribution in [-0.2, 0) is 12.3 Å². The maximum Gasteiger partial charge on any atom is 0.270 e. The van der Waals surface area contributed by atoms with E-state index in [-0.39, 0.29) is 5.56 Å². The zero-order valence-electron chi connectivity index (χ0n) is 17.4. The highest BCUT2D eigenvalue weighted by Crippen LogP contribution is 2.30. The number of rotatable bonds is 3. The molecule has 0 spiro atoms. The van der Waals surface area contributed by atoms with Crippen LogP contribution >= 0.6 is 0 Å². The maximum absolute atomic E-state index is 13.7. The first-order valence-corrected chi connectivity index (χ1v) is 10.1. The van der Waals surface area contributed by atoms with Gasteiger partial charge < -0.3 is 4.52 Å². The van der Waals surface area contributed by atoms with Crippen molar-refractivity contribution >= 4 is 16.6 Å². The molecule has 0 aliphatic rings. The second-order valence-electron chi connectivity index (χ2n) is 7.73. The molecule has 7 heteroatoms. The molecule has 0 N–H and O–H groups in total. The Hall–Kier alpha value is -4.05. The molecule has 0 saturated carbocycles. The summed E-state index contributed by atoms with van der Waals surface area (Å²) >= 11 is 0. The van der Waals surface area contributed by atoms with Gasteiger partial charge in [0, 0.05) is 30.5 Å². The van der Waals surface area contributed by atoms with E-state index in [2.05, 4.69) is 27.2 Å². The molecule has 0 radical (unpaired) electrons. The molecule has 3 heterocycles. The molecule has 0 unspecified atom stereocenters. The van der Waals surface area contributed by atoms with E-state index in [0.29, 0.717) is 34.7 Å². The summed E-state index contributed by atoms with van der Waals surface area (Å²) in [4.78, 5) is 0. The third-order valence-electron chi connectivity index (χ3n) is 5.34. The van der Waals surface area contributed by atoms with Gasteiger partial charge in [0.15, 0.2) is 11.2 Å². The van der Waals surface area contributed by atoms with Crippen LogP contribution in [0.5, 0.6) is 0 Å². The van der Waals surface area contributed by atoms with E-state index in [1.165, 1.54) is 12.1 Å². The van der Waals surface area contributed by atoms with Crippen molar-refractivity contribution in [3.8, 4) is 11.8 Å². The first kappa shape index (κ1) is 19.9. The normalized spacial score (nSPS) is 11.6. The largest absolute Gasteiger partial charge is 0.355 e. The number of nitrogens with zero attached hydrogens (tertiary/aromatic N) is 4. The van der Waals surface area contributed by atoms with Crippen LogP contribution in [0.1, 0.15) is 40.7 Å². The Kier molecular flexibility index (Phi) is 4.71. The minimum Gasteiger partial charge on any atom is -0.355 e. The van der Waals surface area contributed by atoms with Crippen LogP contribution < -0.4 is 0 Å². The highest BCUT2D eigenvalue weighted by molar-refractivity contribution is 5.86. The summed E-state index contributed by atoms with van der Waals surface area (Å²) < 4.78 is 34.9. The molecule has 0 fully saturated rings. The van der Waals surface area contributed by atoms with Gasteiger partial charge in [-0.05, 0) is 48.2 Å².